The summed E-state index contributed by atoms with van der Waals surface area (Å²) < 4.78 is 13.1. The van der Waals surface area contributed by atoms with Gasteiger partial charge in [-0.05, 0) is 49.9 Å². The number of piperazine rings is 1. The SMILES string of the molecule is CCC1CCCCN1c1cnnc(N2CCN(c3ccc(F)cc3)CC2)n1. The van der Waals surface area contributed by atoms with Crippen LogP contribution in [0.4, 0.5) is 21.8 Å². The number of anilines is 3. The van der Waals surface area contributed by atoms with Crippen LogP contribution < -0.4 is 14.7 Å². The molecule has 0 bridgehead atoms. The van der Waals surface area contributed by atoms with E-state index in [1.54, 1.807) is 6.20 Å². The van der Waals surface area contributed by atoms with Gasteiger partial charge in [-0.2, -0.15) is 10.1 Å². The van der Waals surface area contributed by atoms with Crippen LogP contribution in [0, 0.1) is 5.82 Å². The normalized spacial score (nSPS) is 20.8. The molecule has 0 aliphatic carbocycles. The van der Waals surface area contributed by atoms with Gasteiger partial charge in [0.15, 0.2) is 5.82 Å². The summed E-state index contributed by atoms with van der Waals surface area (Å²) in [7, 11) is 0. The van der Waals surface area contributed by atoms with Crippen molar-refractivity contribution in [2.45, 2.75) is 38.6 Å². The quantitative estimate of drug-likeness (QED) is 0.824. The number of benzene rings is 1. The van der Waals surface area contributed by atoms with Crippen LogP contribution in [0.3, 0.4) is 0 Å². The van der Waals surface area contributed by atoms with Gasteiger partial charge in [0.2, 0.25) is 5.95 Å². The zero-order valence-electron chi connectivity index (χ0n) is 15.9. The van der Waals surface area contributed by atoms with Gasteiger partial charge >= 0.3 is 0 Å². The number of hydrogen-bond donors (Lipinski definition) is 0. The molecule has 27 heavy (non-hydrogen) atoms. The Balaban J connectivity index is 1.43. The average molecular weight is 370 g/mol. The molecule has 2 aromatic rings. The lowest BCUT2D eigenvalue weighted by molar-refractivity contribution is 0.445. The van der Waals surface area contributed by atoms with Crippen molar-refractivity contribution in [1.29, 1.82) is 0 Å². The first-order chi connectivity index (χ1) is 13.2. The number of nitrogens with zero attached hydrogens (tertiary/aromatic N) is 6. The lowest BCUT2D eigenvalue weighted by Gasteiger charge is -2.38. The van der Waals surface area contributed by atoms with E-state index in [1.165, 1.54) is 31.4 Å². The highest BCUT2D eigenvalue weighted by Gasteiger charge is 2.25. The summed E-state index contributed by atoms with van der Waals surface area (Å²) in [6.07, 6.45) is 6.67. The van der Waals surface area contributed by atoms with Crippen molar-refractivity contribution in [2.24, 2.45) is 0 Å². The molecule has 2 aliphatic heterocycles. The third-order valence-electron chi connectivity index (χ3n) is 5.68. The molecule has 3 heterocycles. The Bertz CT molecular complexity index is 744. The van der Waals surface area contributed by atoms with Gasteiger partial charge in [-0.25, -0.2) is 4.39 Å². The maximum atomic E-state index is 13.1. The van der Waals surface area contributed by atoms with Crippen LogP contribution in [0.1, 0.15) is 32.6 Å². The van der Waals surface area contributed by atoms with Gasteiger partial charge < -0.3 is 14.7 Å². The highest BCUT2D eigenvalue weighted by atomic mass is 19.1. The first-order valence-corrected chi connectivity index (χ1v) is 9.96. The van der Waals surface area contributed by atoms with E-state index in [0.29, 0.717) is 12.0 Å². The average Bonchev–Trinajstić information content (AvgIpc) is 2.74. The molecule has 0 saturated carbocycles. The summed E-state index contributed by atoms with van der Waals surface area (Å²) in [5, 5.41) is 8.53. The lowest BCUT2D eigenvalue weighted by atomic mass is 10.0. The zero-order chi connectivity index (χ0) is 18.6. The summed E-state index contributed by atoms with van der Waals surface area (Å²) in [6.45, 7) is 6.68. The molecule has 0 amide bonds. The third kappa shape index (κ3) is 3.96. The molecular weight excluding hydrogens is 343 g/mol. The largest absolute Gasteiger partial charge is 0.368 e. The molecule has 2 aliphatic rings. The van der Waals surface area contributed by atoms with E-state index in [9.17, 15) is 4.39 Å². The minimum Gasteiger partial charge on any atom is -0.368 e. The smallest absolute Gasteiger partial charge is 0.247 e. The van der Waals surface area contributed by atoms with Crippen molar-refractivity contribution >= 4 is 17.5 Å². The van der Waals surface area contributed by atoms with Crippen LogP contribution in [0.5, 0.6) is 0 Å². The first kappa shape index (κ1) is 17.9. The highest BCUT2D eigenvalue weighted by molar-refractivity contribution is 5.49. The molecule has 7 heteroatoms. The first-order valence-electron chi connectivity index (χ1n) is 9.96. The Hall–Kier alpha value is -2.44. The summed E-state index contributed by atoms with van der Waals surface area (Å²) in [6, 6.07) is 7.26. The van der Waals surface area contributed by atoms with E-state index < -0.39 is 0 Å². The molecule has 0 spiro atoms. The number of halogens is 1. The second-order valence-electron chi connectivity index (χ2n) is 7.32. The van der Waals surface area contributed by atoms with Gasteiger partial charge in [-0.1, -0.05) is 6.92 Å². The molecule has 0 radical (unpaired) electrons. The van der Waals surface area contributed by atoms with Gasteiger partial charge in [-0.15, -0.1) is 5.10 Å². The van der Waals surface area contributed by atoms with Crippen molar-refractivity contribution in [1.82, 2.24) is 15.2 Å². The maximum absolute atomic E-state index is 13.1. The van der Waals surface area contributed by atoms with Crippen LogP contribution in [0.25, 0.3) is 0 Å². The summed E-state index contributed by atoms with van der Waals surface area (Å²) in [5.41, 5.74) is 1.06. The summed E-state index contributed by atoms with van der Waals surface area (Å²) >= 11 is 0. The van der Waals surface area contributed by atoms with Gasteiger partial charge in [-0.3, -0.25) is 0 Å². The van der Waals surface area contributed by atoms with Crippen molar-refractivity contribution < 1.29 is 4.39 Å². The molecule has 2 saturated heterocycles. The molecule has 4 rings (SSSR count). The summed E-state index contributed by atoms with van der Waals surface area (Å²) in [5.74, 6) is 1.47. The second kappa shape index (κ2) is 8.06. The number of piperidine rings is 1. The lowest BCUT2D eigenvalue weighted by Crippen LogP contribution is -2.47. The van der Waals surface area contributed by atoms with Crippen molar-refractivity contribution in [3.63, 3.8) is 0 Å². The molecular formula is C20H27FN6. The van der Waals surface area contributed by atoms with Crippen LogP contribution in [-0.4, -0.2) is 53.9 Å². The van der Waals surface area contributed by atoms with E-state index in [4.69, 9.17) is 4.98 Å². The van der Waals surface area contributed by atoms with E-state index in [0.717, 1.165) is 50.6 Å². The van der Waals surface area contributed by atoms with E-state index in [-0.39, 0.29) is 5.82 Å². The van der Waals surface area contributed by atoms with Gasteiger partial charge in [0.1, 0.15) is 5.82 Å². The third-order valence-corrected chi connectivity index (χ3v) is 5.68. The molecule has 1 unspecified atom stereocenters. The molecule has 0 N–H and O–H groups in total. The van der Waals surface area contributed by atoms with Crippen LogP contribution >= 0.6 is 0 Å². The zero-order valence-corrected chi connectivity index (χ0v) is 15.9. The Morgan fingerprint density at radius 2 is 1.74 bits per heavy atom. The maximum Gasteiger partial charge on any atom is 0.247 e. The highest BCUT2D eigenvalue weighted by Crippen LogP contribution is 2.26. The molecule has 1 aromatic carbocycles. The Morgan fingerprint density at radius 1 is 1.00 bits per heavy atom. The van der Waals surface area contributed by atoms with E-state index in [2.05, 4.69) is 31.8 Å². The molecule has 144 valence electrons. The van der Waals surface area contributed by atoms with Crippen LogP contribution in [0.2, 0.25) is 0 Å². The van der Waals surface area contributed by atoms with E-state index in [1.807, 2.05) is 12.1 Å². The number of rotatable bonds is 4. The minimum atomic E-state index is -0.197. The fraction of sp³-hybridized carbons (Fsp3) is 0.550. The monoisotopic (exact) mass is 370 g/mol. The molecule has 1 aromatic heterocycles. The Kier molecular flexibility index (Phi) is 5.36. The Labute approximate surface area is 160 Å². The predicted octanol–water partition coefficient (Wildman–Crippen LogP) is 3.11. The predicted molar refractivity (Wildman–Crippen MR) is 106 cm³/mol. The molecule has 2 fully saturated rings. The number of hydrogen-bond acceptors (Lipinski definition) is 6. The minimum absolute atomic E-state index is 0.197. The van der Waals surface area contributed by atoms with Gasteiger partial charge in [0.25, 0.3) is 0 Å². The molecule has 6 nitrogen and oxygen atoms in total. The van der Waals surface area contributed by atoms with Crippen molar-refractivity contribution in [2.75, 3.05) is 47.4 Å². The second-order valence-corrected chi connectivity index (χ2v) is 7.32. The van der Waals surface area contributed by atoms with Gasteiger partial charge in [0, 0.05) is 44.5 Å². The fourth-order valence-corrected chi connectivity index (χ4v) is 4.10. The molecule has 1 atom stereocenters. The topological polar surface area (TPSA) is 48.4 Å². The number of aromatic nitrogens is 3. The standard InChI is InChI=1S/C20H27FN6/c1-2-17-5-3-4-10-27(17)19-15-22-24-20(23-19)26-13-11-25(12-14-26)18-8-6-16(21)7-9-18/h6-9,15,17H,2-5,10-14H2,1H3. The van der Waals surface area contributed by atoms with Gasteiger partial charge in [0.05, 0.1) is 6.20 Å². The van der Waals surface area contributed by atoms with Crippen LogP contribution in [0.15, 0.2) is 30.5 Å². The Morgan fingerprint density at radius 3 is 2.48 bits per heavy atom. The fourth-order valence-electron chi connectivity index (χ4n) is 4.10. The van der Waals surface area contributed by atoms with Crippen LogP contribution in [-0.2, 0) is 0 Å². The van der Waals surface area contributed by atoms with Crippen molar-refractivity contribution in [3.05, 3.63) is 36.3 Å². The summed E-state index contributed by atoms with van der Waals surface area (Å²) in [4.78, 5) is 11.7. The van der Waals surface area contributed by atoms with Crippen molar-refractivity contribution in [3.8, 4) is 0 Å². The van der Waals surface area contributed by atoms with E-state index >= 15 is 0 Å².